The molecule has 6 heteroatoms. The standard InChI is InChI=1S/C16H8O6/c17-8-21-14(18)10-3-1-9(2-4-10)11-5-6-12-13(7-11)16(20)22-15(12)19/h1-8H. The average Bonchev–Trinajstić information content (AvgIpc) is 2.82. The summed E-state index contributed by atoms with van der Waals surface area (Å²) in [5, 5.41) is 0. The lowest BCUT2D eigenvalue weighted by Crippen LogP contribution is -2.02. The van der Waals surface area contributed by atoms with Gasteiger partial charge in [-0.1, -0.05) is 18.2 Å². The summed E-state index contributed by atoms with van der Waals surface area (Å²) in [6.45, 7) is 0.0688. The van der Waals surface area contributed by atoms with E-state index in [-0.39, 0.29) is 23.2 Å². The molecule has 0 aromatic heterocycles. The molecule has 3 rings (SSSR count). The van der Waals surface area contributed by atoms with Crippen LogP contribution in [0, 0.1) is 0 Å². The van der Waals surface area contributed by atoms with Gasteiger partial charge in [-0.25, -0.2) is 14.4 Å². The highest BCUT2D eigenvalue weighted by Gasteiger charge is 2.29. The molecule has 1 heterocycles. The van der Waals surface area contributed by atoms with Crippen LogP contribution in [0.4, 0.5) is 0 Å². The van der Waals surface area contributed by atoms with Crippen molar-refractivity contribution in [3.8, 4) is 11.1 Å². The number of rotatable bonds is 3. The van der Waals surface area contributed by atoms with E-state index in [1.165, 1.54) is 18.2 Å². The molecule has 0 unspecified atom stereocenters. The van der Waals surface area contributed by atoms with Gasteiger partial charge in [0, 0.05) is 0 Å². The first kappa shape index (κ1) is 13.7. The van der Waals surface area contributed by atoms with E-state index in [4.69, 9.17) is 0 Å². The molecule has 0 bridgehead atoms. The van der Waals surface area contributed by atoms with Crippen molar-refractivity contribution in [1.82, 2.24) is 0 Å². The molecular weight excluding hydrogens is 288 g/mol. The molecule has 0 atom stereocenters. The molecule has 1 aliphatic heterocycles. The number of fused-ring (bicyclic) bond motifs is 1. The Balaban J connectivity index is 1.94. The molecule has 0 saturated heterocycles. The van der Waals surface area contributed by atoms with Crippen molar-refractivity contribution in [1.29, 1.82) is 0 Å². The Labute approximate surface area is 124 Å². The molecule has 1 aliphatic rings. The first-order valence-corrected chi connectivity index (χ1v) is 6.26. The summed E-state index contributed by atoms with van der Waals surface area (Å²) in [6, 6.07) is 11.0. The van der Waals surface area contributed by atoms with E-state index in [0.717, 1.165) is 5.56 Å². The fourth-order valence-electron chi connectivity index (χ4n) is 2.18. The van der Waals surface area contributed by atoms with E-state index >= 15 is 0 Å². The van der Waals surface area contributed by atoms with Gasteiger partial charge in [0.25, 0.3) is 0 Å². The summed E-state index contributed by atoms with van der Waals surface area (Å²) >= 11 is 0. The van der Waals surface area contributed by atoms with Crippen LogP contribution in [-0.4, -0.2) is 24.4 Å². The Morgan fingerprint density at radius 3 is 2.23 bits per heavy atom. The third kappa shape index (κ3) is 2.26. The molecule has 108 valence electrons. The number of benzene rings is 2. The zero-order valence-corrected chi connectivity index (χ0v) is 11.1. The van der Waals surface area contributed by atoms with Crippen LogP contribution in [0.3, 0.4) is 0 Å². The Morgan fingerprint density at radius 2 is 1.55 bits per heavy atom. The summed E-state index contributed by atoms with van der Waals surface area (Å²) in [5.41, 5.74) is 2.11. The lowest BCUT2D eigenvalue weighted by atomic mass is 9.99. The van der Waals surface area contributed by atoms with Crippen molar-refractivity contribution in [2.75, 3.05) is 0 Å². The Morgan fingerprint density at radius 1 is 0.909 bits per heavy atom. The average molecular weight is 296 g/mol. The number of esters is 3. The zero-order chi connectivity index (χ0) is 15.7. The van der Waals surface area contributed by atoms with Gasteiger partial charge >= 0.3 is 24.4 Å². The summed E-state index contributed by atoms with van der Waals surface area (Å²) in [6.07, 6.45) is 0. The van der Waals surface area contributed by atoms with Crippen LogP contribution in [0.2, 0.25) is 0 Å². The summed E-state index contributed by atoms with van der Waals surface area (Å²) in [5.74, 6) is -2.07. The molecule has 22 heavy (non-hydrogen) atoms. The Hall–Kier alpha value is -3.28. The lowest BCUT2D eigenvalue weighted by Gasteiger charge is -2.04. The van der Waals surface area contributed by atoms with Gasteiger partial charge in [0.2, 0.25) is 0 Å². The van der Waals surface area contributed by atoms with Gasteiger partial charge in [-0.2, -0.15) is 0 Å². The molecule has 0 radical (unpaired) electrons. The van der Waals surface area contributed by atoms with Crippen molar-refractivity contribution >= 4 is 24.4 Å². The minimum absolute atomic E-state index is 0.0688. The van der Waals surface area contributed by atoms with E-state index in [9.17, 15) is 19.2 Å². The molecule has 0 saturated carbocycles. The van der Waals surface area contributed by atoms with Gasteiger partial charge in [0.1, 0.15) is 0 Å². The normalized spacial score (nSPS) is 12.5. The number of cyclic esters (lactones) is 2. The van der Waals surface area contributed by atoms with Crippen LogP contribution in [-0.2, 0) is 14.3 Å². The summed E-state index contributed by atoms with van der Waals surface area (Å²) in [4.78, 5) is 44.4. The van der Waals surface area contributed by atoms with Crippen LogP contribution in [0.1, 0.15) is 31.1 Å². The van der Waals surface area contributed by atoms with E-state index in [1.807, 2.05) is 0 Å². The third-order valence-electron chi connectivity index (χ3n) is 3.25. The monoisotopic (exact) mass is 296 g/mol. The topological polar surface area (TPSA) is 86.7 Å². The lowest BCUT2D eigenvalue weighted by molar-refractivity contribution is -0.123. The molecular formula is C16H8O6. The van der Waals surface area contributed by atoms with Crippen molar-refractivity contribution in [3.05, 3.63) is 59.2 Å². The van der Waals surface area contributed by atoms with Crippen LogP contribution in [0.5, 0.6) is 0 Å². The molecule has 0 fully saturated rings. The van der Waals surface area contributed by atoms with E-state index < -0.39 is 17.9 Å². The number of carbonyl (C=O) groups is 4. The number of carbonyl (C=O) groups excluding carboxylic acids is 4. The van der Waals surface area contributed by atoms with E-state index in [0.29, 0.717) is 5.56 Å². The van der Waals surface area contributed by atoms with Gasteiger partial charge in [0.05, 0.1) is 16.7 Å². The number of ether oxygens (including phenoxy) is 2. The first-order chi connectivity index (χ1) is 10.6. The second-order valence-electron chi connectivity index (χ2n) is 4.52. The minimum Gasteiger partial charge on any atom is -0.392 e. The second-order valence-corrected chi connectivity index (χ2v) is 4.52. The van der Waals surface area contributed by atoms with E-state index in [2.05, 4.69) is 9.47 Å². The van der Waals surface area contributed by atoms with Crippen molar-refractivity contribution in [3.63, 3.8) is 0 Å². The molecule has 0 spiro atoms. The van der Waals surface area contributed by atoms with Gasteiger partial charge in [-0.3, -0.25) is 4.79 Å². The van der Waals surface area contributed by atoms with Gasteiger partial charge < -0.3 is 9.47 Å². The minimum atomic E-state index is -0.746. The van der Waals surface area contributed by atoms with Gasteiger partial charge in [-0.05, 0) is 35.4 Å². The second kappa shape index (κ2) is 5.25. The smallest absolute Gasteiger partial charge is 0.346 e. The first-order valence-electron chi connectivity index (χ1n) is 6.26. The van der Waals surface area contributed by atoms with Crippen LogP contribution < -0.4 is 0 Å². The van der Waals surface area contributed by atoms with E-state index in [1.54, 1.807) is 24.3 Å². The fraction of sp³-hybridized carbons (Fsp3) is 0. The van der Waals surface area contributed by atoms with Crippen LogP contribution in [0.25, 0.3) is 11.1 Å². The fourth-order valence-corrected chi connectivity index (χ4v) is 2.18. The highest BCUT2D eigenvalue weighted by molar-refractivity contribution is 6.15. The molecule has 0 aliphatic carbocycles. The highest BCUT2D eigenvalue weighted by atomic mass is 16.6. The van der Waals surface area contributed by atoms with Crippen molar-refractivity contribution in [2.24, 2.45) is 0 Å². The number of hydrogen-bond acceptors (Lipinski definition) is 6. The van der Waals surface area contributed by atoms with Crippen LogP contribution >= 0.6 is 0 Å². The number of hydrogen-bond donors (Lipinski definition) is 0. The molecule has 2 aromatic rings. The van der Waals surface area contributed by atoms with Crippen molar-refractivity contribution < 1.29 is 28.7 Å². The maximum Gasteiger partial charge on any atom is 0.346 e. The highest BCUT2D eigenvalue weighted by Crippen LogP contribution is 2.27. The Kier molecular flexibility index (Phi) is 3.27. The maximum absolute atomic E-state index is 11.5. The predicted octanol–water partition coefficient (Wildman–Crippen LogP) is 1.98. The zero-order valence-electron chi connectivity index (χ0n) is 11.1. The quantitative estimate of drug-likeness (QED) is 0.489. The van der Waals surface area contributed by atoms with Crippen molar-refractivity contribution in [2.45, 2.75) is 0 Å². The largest absolute Gasteiger partial charge is 0.392 e. The molecule has 2 aromatic carbocycles. The van der Waals surface area contributed by atoms with Crippen LogP contribution in [0.15, 0.2) is 42.5 Å². The van der Waals surface area contributed by atoms with Gasteiger partial charge in [-0.15, -0.1) is 0 Å². The Bertz CT molecular complexity index is 804. The van der Waals surface area contributed by atoms with Gasteiger partial charge in [0.15, 0.2) is 0 Å². The summed E-state index contributed by atoms with van der Waals surface area (Å²) in [7, 11) is 0. The molecule has 6 nitrogen and oxygen atoms in total. The molecule has 0 N–H and O–H groups in total. The SMILES string of the molecule is O=COC(=O)c1ccc(-c2ccc3c(c2)C(=O)OC3=O)cc1. The predicted molar refractivity (Wildman–Crippen MR) is 73.1 cm³/mol. The third-order valence-corrected chi connectivity index (χ3v) is 3.25. The maximum atomic E-state index is 11.5. The molecule has 0 amide bonds. The summed E-state index contributed by atoms with van der Waals surface area (Å²) < 4.78 is 8.77.